The highest BCUT2D eigenvalue weighted by Crippen LogP contribution is 2.51. The molecular weight excluding hydrogens is 272 g/mol. The van der Waals surface area contributed by atoms with Gasteiger partial charge in [0.05, 0.1) is 13.2 Å². The first-order chi connectivity index (χ1) is 10.2. The minimum Gasteiger partial charge on any atom is -0.489 e. The molecule has 1 fully saturated rings. The Balaban J connectivity index is 1.85. The average molecular weight is 292 g/mol. The lowest BCUT2D eigenvalue weighted by molar-refractivity contribution is -0.140. The molecule has 5 heteroatoms. The Bertz CT molecular complexity index is 541. The van der Waals surface area contributed by atoms with E-state index < -0.39 is 6.10 Å². The maximum Gasteiger partial charge on any atom is 0.305 e. The molecule has 0 bridgehead atoms. The minimum atomic E-state index is -0.517. The number of benzene rings is 1. The van der Waals surface area contributed by atoms with Crippen molar-refractivity contribution in [3.05, 3.63) is 29.3 Å². The Morgan fingerprint density at radius 1 is 1.48 bits per heavy atom. The van der Waals surface area contributed by atoms with Crippen LogP contribution in [0.1, 0.15) is 29.9 Å². The van der Waals surface area contributed by atoms with E-state index in [4.69, 9.17) is 4.74 Å². The average Bonchev–Trinajstić information content (AvgIpc) is 2.99. The Kier molecular flexibility index (Phi) is 3.87. The number of para-hydroxylation sites is 1. The summed E-state index contributed by atoms with van der Waals surface area (Å²) in [5.41, 5.74) is 2.02. The highest BCUT2D eigenvalue weighted by atomic mass is 16.5. The summed E-state index contributed by atoms with van der Waals surface area (Å²) < 4.78 is 10.7. The quantitative estimate of drug-likeness (QED) is 0.810. The van der Waals surface area contributed by atoms with Gasteiger partial charge in [-0.2, -0.15) is 0 Å². The molecule has 1 aromatic rings. The van der Waals surface area contributed by atoms with Crippen LogP contribution in [0, 0.1) is 5.92 Å². The maximum absolute atomic E-state index is 11.3. The van der Waals surface area contributed by atoms with Crippen molar-refractivity contribution < 1.29 is 24.5 Å². The zero-order valence-corrected chi connectivity index (χ0v) is 12.0. The fourth-order valence-corrected chi connectivity index (χ4v) is 3.56. The Morgan fingerprint density at radius 2 is 2.29 bits per heavy atom. The zero-order valence-electron chi connectivity index (χ0n) is 12.0. The van der Waals surface area contributed by atoms with E-state index in [-0.39, 0.29) is 30.5 Å². The number of carbonyl (C=O) groups is 1. The summed E-state index contributed by atoms with van der Waals surface area (Å²) in [5, 5.41) is 19.5. The van der Waals surface area contributed by atoms with Crippen LogP contribution >= 0.6 is 0 Å². The van der Waals surface area contributed by atoms with Crippen molar-refractivity contribution >= 4 is 5.97 Å². The van der Waals surface area contributed by atoms with Crippen LogP contribution in [0.5, 0.6) is 5.75 Å². The van der Waals surface area contributed by atoms with Crippen molar-refractivity contribution in [1.29, 1.82) is 0 Å². The first kappa shape index (κ1) is 14.4. The molecule has 1 saturated carbocycles. The molecule has 1 heterocycles. The van der Waals surface area contributed by atoms with Crippen molar-refractivity contribution in [2.75, 3.05) is 13.7 Å². The number of esters is 1. The van der Waals surface area contributed by atoms with Gasteiger partial charge in [-0.15, -0.1) is 0 Å². The SMILES string of the molecule is COC(=O)CCc1cccc2c1O[C@H]1C[C@@H](O)[C@H](CO)C21. The van der Waals surface area contributed by atoms with Crippen molar-refractivity contribution in [1.82, 2.24) is 0 Å². The predicted molar refractivity (Wildman–Crippen MR) is 75.1 cm³/mol. The number of aliphatic hydroxyl groups is 2. The molecule has 1 aliphatic heterocycles. The zero-order chi connectivity index (χ0) is 15.0. The van der Waals surface area contributed by atoms with Crippen LogP contribution < -0.4 is 4.74 Å². The van der Waals surface area contributed by atoms with Gasteiger partial charge in [-0.25, -0.2) is 0 Å². The summed E-state index contributed by atoms with van der Waals surface area (Å²) in [6.07, 6.45) is 0.837. The van der Waals surface area contributed by atoms with E-state index in [1.54, 1.807) is 0 Å². The van der Waals surface area contributed by atoms with Crippen molar-refractivity contribution in [2.45, 2.75) is 37.4 Å². The molecule has 0 amide bonds. The molecule has 5 nitrogen and oxygen atoms in total. The molecule has 114 valence electrons. The predicted octanol–water partition coefficient (Wildman–Crippen LogP) is 1.01. The van der Waals surface area contributed by atoms with E-state index in [0.29, 0.717) is 19.3 Å². The monoisotopic (exact) mass is 292 g/mol. The van der Waals surface area contributed by atoms with Crippen molar-refractivity contribution in [2.24, 2.45) is 5.92 Å². The molecule has 1 aliphatic carbocycles. The summed E-state index contributed by atoms with van der Waals surface area (Å²) in [7, 11) is 1.38. The summed E-state index contributed by atoms with van der Waals surface area (Å²) in [6.45, 7) is -0.0441. The normalized spacial score (nSPS) is 29.7. The van der Waals surface area contributed by atoms with Gasteiger partial charge in [0.15, 0.2) is 0 Å². The number of hydrogen-bond donors (Lipinski definition) is 2. The van der Waals surface area contributed by atoms with E-state index in [9.17, 15) is 15.0 Å². The fourth-order valence-electron chi connectivity index (χ4n) is 3.56. The van der Waals surface area contributed by atoms with Crippen molar-refractivity contribution in [3.8, 4) is 5.75 Å². The Labute approximate surface area is 123 Å². The number of methoxy groups -OCH3 is 1. The van der Waals surface area contributed by atoms with Crippen molar-refractivity contribution in [3.63, 3.8) is 0 Å². The van der Waals surface area contributed by atoms with Gasteiger partial charge in [-0.3, -0.25) is 4.79 Å². The van der Waals surface area contributed by atoms with Gasteiger partial charge in [0.1, 0.15) is 11.9 Å². The topological polar surface area (TPSA) is 76.0 Å². The van der Waals surface area contributed by atoms with Gasteiger partial charge < -0.3 is 19.7 Å². The smallest absolute Gasteiger partial charge is 0.305 e. The molecular formula is C16H20O5. The number of rotatable bonds is 4. The number of ether oxygens (including phenoxy) is 2. The first-order valence-corrected chi connectivity index (χ1v) is 7.30. The molecule has 1 unspecified atom stereocenters. The third kappa shape index (κ3) is 2.40. The Hall–Kier alpha value is -1.59. The van der Waals surface area contributed by atoms with Gasteiger partial charge in [0.25, 0.3) is 0 Å². The standard InChI is InChI=1S/C16H20O5/c1-20-14(19)6-5-9-3-2-4-10-15-11(8-17)12(18)7-13(15)21-16(9)10/h2-4,11-13,15,17-18H,5-8H2,1H3/t11-,12+,13-,15?/m0/s1. The number of carbonyl (C=O) groups excluding carboxylic acids is 1. The minimum absolute atomic E-state index is 0.0399. The van der Waals surface area contributed by atoms with E-state index >= 15 is 0 Å². The second-order valence-electron chi connectivity index (χ2n) is 5.74. The van der Waals surface area contributed by atoms with Crippen LogP contribution in [0.25, 0.3) is 0 Å². The second kappa shape index (κ2) is 5.66. The summed E-state index contributed by atoms with van der Waals surface area (Å²) >= 11 is 0. The number of fused-ring (bicyclic) bond motifs is 3. The van der Waals surface area contributed by atoms with Gasteiger partial charge in [-0.05, 0) is 12.0 Å². The molecule has 1 aromatic carbocycles. The Morgan fingerprint density at radius 3 is 3.00 bits per heavy atom. The van der Waals surface area contributed by atoms with Gasteiger partial charge in [-0.1, -0.05) is 18.2 Å². The molecule has 0 saturated heterocycles. The third-order valence-corrected chi connectivity index (χ3v) is 4.62. The summed E-state index contributed by atoms with van der Waals surface area (Å²) in [6, 6.07) is 5.88. The molecule has 21 heavy (non-hydrogen) atoms. The number of aliphatic hydroxyl groups excluding tert-OH is 2. The lowest BCUT2D eigenvalue weighted by atomic mass is 9.87. The largest absolute Gasteiger partial charge is 0.489 e. The molecule has 3 rings (SSSR count). The van der Waals surface area contributed by atoms with Gasteiger partial charge in [0.2, 0.25) is 0 Å². The van der Waals surface area contributed by atoms with E-state index in [1.165, 1.54) is 7.11 Å². The van der Waals surface area contributed by atoms with E-state index in [2.05, 4.69) is 4.74 Å². The van der Waals surface area contributed by atoms with Crippen LogP contribution in [0.15, 0.2) is 18.2 Å². The molecule has 0 spiro atoms. The fraction of sp³-hybridized carbons (Fsp3) is 0.562. The first-order valence-electron chi connectivity index (χ1n) is 7.30. The number of aryl methyl sites for hydroxylation is 1. The lowest BCUT2D eigenvalue weighted by Crippen LogP contribution is -2.22. The van der Waals surface area contributed by atoms with Crippen LogP contribution in [-0.2, 0) is 16.0 Å². The molecule has 4 atom stereocenters. The van der Waals surface area contributed by atoms with E-state index in [1.807, 2.05) is 18.2 Å². The van der Waals surface area contributed by atoms with Crippen LogP contribution in [0.3, 0.4) is 0 Å². The van der Waals surface area contributed by atoms with Gasteiger partial charge >= 0.3 is 5.97 Å². The van der Waals surface area contributed by atoms with Crippen LogP contribution in [0.4, 0.5) is 0 Å². The molecule has 0 radical (unpaired) electrons. The molecule has 0 aromatic heterocycles. The molecule has 2 N–H and O–H groups in total. The van der Waals surface area contributed by atoms with Gasteiger partial charge in [0, 0.05) is 36.8 Å². The summed E-state index contributed by atoms with van der Waals surface area (Å²) in [4.78, 5) is 11.3. The maximum atomic E-state index is 11.3. The highest BCUT2D eigenvalue weighted by Gasteiger charge is 2.49. The second-order valence-corrected chi connectivity index (χ2v) is 5.74. The van der Waals surface area contributed by atoms with Crippen LogP contribution in [-0.4, -0.2) is 42.1 Å². The van der Waals surface area contributed by atoms with Crippen LogP contribution in [0.2, 0.25) is 0 Å². The number of hydrogen-bond acceptors (Lipinski definition) is 5. The highest BCUT2D eigenvalue weighted by molar-refractivity contribution is 5.69. The molecule has 2 aliphatic rings. The van der Waals surface area contributed by atoms with E-state index in [0.717, 1.165) is 16.9 Å². The third-order valence-electron chi connectivity index (χ3n) is 4.62. The lowest BCUT2D eigenvalue weighted by Gasteiger charge is -2.18. The summed E-state index contributed by atoms with van der Waals surface area (Å²) in [5.74, 6) is 0.446.